The number of aromatic amines is 1. The zero-order valence-electron chi connectivity index (χ0n) is 23.3. The molecule has 0 radical (unpaired) electrons. The number of nitrogens with one attached hydrogen (secondary N) is 5. The van der Waals surface area contributed by atoms with Crippen molar-refractivity contribution in [3.8, 4) is 0 Å². The van der Waals surface area contributed by atoms with Crippen molar-refractivity contribution in [3.05, 3.63) is 71.9 Å². The van der Waals surface area contributed by atoms with Gasteiger partial charge in [0.05, 0.1) is 13.1 Å². The number of hydrogen-bond acceptors (Lipinski definition) is 6. The molecule has 2 aromatic carbocycles. The molecule has 0 fully saturated rings. The topological polar surface area (TPSA) is 185 Å². The SMILES string of the molecule is CC(C)(C)OC(=O)N[C@@H](Cc1c[nH]c2ccccc12)C(=O)NCC(=O)NCC(=O)N[C@@H](Cc1ccccc1)C(N)=O. The molecule has 0 aliphatic rings. The number of alkyl carbamates (subject to hydrolysis) is 1. The van der Waals surface area contributed by atoms with E-state index in [2.05, 4.69) is 26.3 Å². The molecule has 5 amide bonds. The molecule has 0 aliphatic carbocycles. The standard InChI is InChI=1S/C29H36N6O6/c1-29(2,3)41-28(40)35-23(14-19-15-31-21-12-8-7-11-20(19)21)27(39)33-16-24(36)32-17-25(37)34-22(26(30)38)13-18-9-5-4-6-10-18/h4-12,15,22-23,31H,13-14,16-17H2,1-3H3,(H2,30,38)(H,32,36)(H,33,39)(H,34,37)(H,35,40)/t22-,23-/m0/s1. The van der Waals surface area contributed by atoms with Crippen LogP contribution in [0.2, 0.25) is 0 Å². The molecule has 12 heteroatoms. The van der Waals surface area contributed by atoms with Crippen molar-refractivity contribution < 1.29 is 28.7 Å². The van der Waals surface area contributed by atoms with Crippen LogP contribution in [-0.4, -0.2) is 65.5 Å². The van der Waals surface area contributed by atoms with Crippen LogP contribution in [0.5, 0.6) is 0 Å². The number of rotatable bonds is 12. The van der Waals surface area contributed by atoms with Crippen molar-refractivity contribution in [1.82, 2.24) is 26.3 Å². The summed E-state index contributed by atoms with van der Waals surface area (Å²) in [5, 5.41) is 10.8. The first kappa shape index (κ1) is 30.7. The van der Waals surface area contributed by atoms with Crippen molar-refractivity contribution >= 4 is 40.6 Å². The summed E-state index contributed by atoms with van der Waals surface area (Å²) in [6.45, 7) is 4.23. The zero-order valence-corrected chi connectivity index (χ0v) is 23.3. The molecule has 7 N–H and O–H groups in total. The fourth-order valence-corrected chi connectivity index (χ4v) is 4.03. The van der Waals surface area contributed by atoms with Crippen LogP contribution < -0.4 is 27.0 Å². The monoisotopic (exact) mass is 564 g/mol. The number of aromatic nitrogens is 1. The number of primary amides is 1. The Balaban J connectivity index is 1.55. The minimum absolute atomic E-state index is 0.134. The summed E-state index contributed by atoms with van der Waals surface area (Å²) in [5.74, 6) is -2.58. The number of ether oxygens (including phenoxy) is 1. The van der Waals surface area contributed by atoms with Gasteiger partial charge in [0.1, 0.15) is 17.7 Å². The van der Waals surface area contributed by atoms with E-state index in [-0.39, 0.29) is 12.8 Å². The summed E-state index contributed by atoms with van der Waals surface area (Å²) >= 11 is 0. The number of carbonyl (C=O) groups excluding carboxylic acids is 5. The van der Waals surface area contributed by atoms with Gasteiger partial charge in [-0.15, -0.1) is 0 Å². The quantitative estimate of drug-likeness (QED) is 0.191. The molecule has 2 atom stereocenters. The molecule has 0 saturated carbocycles. The van der Waals surface area contributed by atoms with Crippen LogP contribution in [0.15, 0.2) is 60.8 Å². The van der Waals surface area contributed by atoms with Crippen molar-refractivity contribution in [2.24, 2.45) is 5.73 Å². The van der Waals surface area contributed by atoms with E-state index < -0.39 is 60.5 Å². The van der Waals surface area contributed by atoms with Crippen LogP contribution in [0.4, 0.5) is 4.79 Å². The van der Waals surface area contributed by atoms with Crippen LogP contribution in [0, 0.1) is 0 Å². The van der Waals surface area contributed by atoms with E-state index in [1.165, 1.54) is 0 Å². The van der Waals surface area contributed by atoms with E-state index in [1.807, 2.05) is 30.3 Å². The fourth-order valence-electron chi connectivity index (χ4n) is 4.03. The summed E-state index contributed by atoms with van der Waals surface area (Å²) in [6.07, 6.45) is 1.31. The number of fused-ring (bicyclic) bond motifs is 1. The predicted molar refractivity (Wildman–Crippen MR) is 152 cm³/mol. The van der Waals surface area contributed by atoms with Crippen LogP contribution in [0.25, 0.3) is 10.9 Å². The van der Waals surface area contributed by atoms with Gasteiger partial charge in [-0.2, -0.15) is 0 Å². The third-order valence-corrected chi connectivity index (χ3v) is 5.94. The molecule has 12 nitrogen and oxygen atoms in total. The Morgan fingerprint density at radius 1 is 0.829 bits per heavy atom. The van der Waals surface area contributed by atoms with Crippen molar-refractivity contribution in [1.29, 1.82) is 0 Å². The first-order chi connectivity index (χ1) is 19.4. The third-order valence-electron chi connectivity index (χ3n) is 5.94. The molecule has 0 unspecified atom stereocenters. The van der Waals surface area contributed by atoms with Gasteiger partial charge < -0.3 is 36.7 Å². The number of H-pyrrole nitrogens is 1. The summed E-state index contributed by atoms with van der Waals surface area (Å²) < 4.78 is 5.31. The number of para-hydroxylation sites is 1. The number of carbonyl (C=O) groups is 5. The Morgan fingerprint density at radius 3 is 2.17 bits per heavy atom. The summed E-state index contributed by atoms with van der Waals surface area (Å²) in [5.41, 5.74) is 7.11. The Morgan fingerprint density at radius 2 is 1.49 bits per heavy atom. The molecule has 0 spiro atoms. The van der Waals surface area contributed by atoms with E-state index in [9.17, 15) is 24.0 Å². The molecular weight excluding hydrogens is 528 g/mol. The normalized spacial score (nSPS) is 12.6. The first-order valence-electron chi connectivity index (χ1n) is 13.1. The number of hydrogen-bond donors (Lipinski definition) is 6. The van der Waals surface area contributed by atoms with Gasteiger partial charge in [0, 0.05) is 29.9 Å². The lowest BCUT2D eigenvalue weighted by atomic mass is 10.0. The molecule has 3 aromatic rings. The van der Waals surface area contributed by atoms with Gasteiger partial charge in [-0.3, -0.25) is 19.2 Å². The van der Waals surface area contributed by atoms with E-state index in [0.717, 1.165) is 22.0 Å². The third kappa shape index (κ3) is 9.99. The molecule has 1 aromatic heterocycles. The number of nitrogens with two attached hydrogens (primary N) is 1. The number of benzene rings is 2. The van der Waals surface area contributed by atoms with E-state index >= 15 is 0 Å². The maximum absolute atomic E-state index is 13.0. The molecule has 0 aliphatic heterocycles. The summed E-state index contributed by atoms with van der Waals surface area (Å²) in [4.78, 5) is 65.1. The second-order valence-electron chi connectivity index (χ2n) is 10.5. The van der Waals surface area contributed by atoms with Crippen molar-refractivity contribution in [3.63, 3.8) is 0 Å². The average molecular weight is 565 g/mol. The Labute approximate surface area is 237 Å². The maximum atomic E-state index is 13.0. The molecule has 0 saturated heterocycles. The van der Waals surface area contributed by atoms with Crippen LogP contribution in [0.3, 0.4) is 0 Å². The smallest absolute Gasteiger partial charge is 0.408 e. The lowest BCUT2D eigenvalue weighted by Gasteiger charge is -2.23. The van der Waals surface area contributed by atoms with E-state index in [0.29, 0.717) is 0 Å². The Hall–Kier alpha value is -4.87. The van der Waals surface area contributed by atoms with E-state index in [1.54, 1.807) is 51.2 Å². The molecule has 1 heterocycles. The van der Waals surface area contributed by atoms with Crippen LogP contribution in [-0.2, 0) is 36.8 Å². The average Bonchev–Trinajstić information content (AvgIpc) is 3.32. The second kappa shape index (κ2) is 14.0. The summed E-state index contributed by atoms with van der Waals surface area (Å²) in [7, 11) is 0. The minimum Gasteiger partial charge on any atom is -0.444 e. The maximum Gasteiger partial charge on any atom is 0.408 e. The molecule has 3 rings (SSSR count). The second-order valence-corrected chi connectivity index (χ2v) is 10.5. The van der Waals surface area contributed by atoms with Crippen molar-refractivity contribution in [2.75, 3.05) is 13.1 Å². The Kier molecular flexibility index (Phi) is 10.4. The molecular formula is C29H36N6O6. The predicted octanol–water partition coefficient (Wildman–Crippen LogP) is 1.05. The van der Waals surface area contributed by atoms with Gasteiger partial charge in [0.25, 0.3) is 0 Å². The minimum atomic E-state index is -1.05. The van der Waals surface area contributed by atoms with Crippen LogP contribution >= 0.6 is 0 Å². The zero-order chi connectivity index (χ0) is 30.0. The molecule has 41 heavy (non-hydrogen) atoms. The van der Waals surface area contributed by atoms with Gasteiger partial charge in [-0.05, 0) is 38.0 Å². The van der Waals surface area contributed by atoms with Gasteiger partial charge in [0.15, 0.2) is 0 Å². The highest BCUT2D eigenvalue weighted by molar-refractivity contribution is 5.93. The largest absolute Gasteiger partial charge is 0.444 e. The molecule has 218 valence electrons. The highest BCUT2D eigenvalue weighted by Gasteiger charge is 2.26. The first-order valence-corrected chi connectivity index (χ1v) is 13.1. The van der Waals surface area contributed by atoms with E-state index in [4.69, 9.17) is 10.5 Å². The van der Waals surface area contributed by atoms with Crippen molar-refractivity contribution in [2.45, 2.75) is 51.3 Å². The van der Waals surface area contributed by atoms with Gasteiger partial charge in [-0.1, -0.05) is 48.5 Å². The highest BCUT2D eigenvalue weighted by atomic mass is 16.6. The van der Waals surface area contributed by atoms with Crippen LogP contribution in [0.1, 0.15) is 31.9 Å². The van der Waals surface area contributed by atoms with Gasteiger partial charge in [0.2, 0.25) is 23.6 Å². The summed E-state index contributed by atoms with van der Waals surface area (Å²) in [6, 6.07) is 14.6. The highest BCUT2D eigenvalue weighted by Crippen LogP contribution is 2.19. The molecule has 0 bridgehead atoms. The van der Waals surface area contributed by atoms with Gasteiger partial charge >= 0.3 is 6.09 Å². The fraction of sp³-hybridized carbons (Fsp3) is 0.345. The lowest BCUT2D eigenvalue weighted by Crippen LogP contribution is -2.52. The number of amides is 5. The lowest BCUT2D eigenvalue weighted by molar-refractivity contribution is -0.129. The Bertz CT molecular complexity index is 1380. The van der Waals surface area contributed by atoms with Gasteiger partial charge in [-0.25, -0.2) is 4.79 Å².